The number of hydrogen-bond acceptors (Lipinski definition) is 2. The van der Waals surface area contributed by atoms with Crippen molar-refractivity contribution < 1.29 is 9.59 Å². The predicted octanol–water partition coefficient (Wildman–Crippen LogP) is 2.34. The van der Waals surface area contributed by atoms with E-state index in [-0.39, 0.29) is 17.5 Å². The summed E-state index contributed by atoms with van der Waals surface area (Å²) in [7, 11) is 0. The molecule has 1 fully saturated rings. The van der Waals surface area contributed by atoms with Gasteiger partial charge in [-0.05, 0) is 30.0 Å². The maximum atomic E-state index is 12.0. The molecule has 1 saturated heterocycles. The molecule has 4 nitrogen and oxygen atoms in total. The van der Waals surface area contributed by atoms with Gasteiger partial charge in [-0.25, -0.2) is 0 Å². The lowest BCUT2D eigenvalue weighted by Gasteiger charge is -2.26. The first-order valence-corrected chi connectivity index (χ1v) is 6.93. The van der Waals surface area contributed by atoms with E-state index in [0.717, 1.165) is 0 Å². The number of rotatable bonds is 3. The van der Waals surface area contributed by atoms with Crippen LogP contribution in [0, 0.1) is 5.92 Å². The summed E-state index contributed by atoms with van der Waals surface area (Å²) < 4.78 is 0. The van der Waals surface area contributed by atoms with Crippen molar-refractivity contribution >= 4 is 29.5 Å². The van der Waals surface area contributed by atoms with E-state index in [1.165, 1.54) is 0 Å². The molecule has 0 radical (unpaired) electrons. The smallest absolute Gasteiger partial charge is 0.268 e. The van der Waals surface area contributed by atoms with E-state index in [1.807, 2.05) is 26.0 Å². The van der Waals surface area contributed by atoms with Crippen molar-refractivity contribution in [1.82, 2.24) is 10.6 Å². The molecule has 1 aliphatic rings. The van der Waals surface area contributed by atoms with Gasteiger partial charge in [0.25, 0.3) is 5.91 Å². The normalized spacial score (nSPS) is 21.0. The first-order valence-electron chi connectivity index (χ1n) is 6.55. The highest BCUT2D eigenvalue weighted by Crippen LogP contribution is 2.19. The summed E-state index contributed by atoms with van der Waals surface area (Å²) in [6.45, 7) is 4.02. The molecule has 106 valence electrons. The minimum atomic E-state index is -0.467. The van der Waals surface area contributed by atoms with Crippen molar-refractivity contribution in [1.29, 1.82) is 0 Å². The molecule has 2 rings (SSSR count). The molecule has 0 spiro atoms. The second-order valence-corrected chi connectivity index (χ2v) is 5.63. The molecule has 1 aliphatic heterocycles. The van der Waals surface area contributed by atoms with Crippen LogP contribution in [0.25, 0.3) is 6.08 Å². The highest BCUT2D eigenvalue weighted by Gasteiger charge is 2.30. The first kappa shape index (κ1) is 14.6. The average Bonchev–Trinajstić information content (AvgIpc) is 2.37. The number of carbonyl (C=O) groups is 2. The SMILES string of the molecule is CC(C)CC1NC(=O)/C(=C\c2ccccc2Cl)NC1=O. The van der Waals surface area contributed by atoms with Gasteiger partial charge in [-0.1, -0.05) is 43.6 Å². The van der Waals surface area contributed by atoms with Crippen LogP contribution in [-0.2, 0) is 9.59 Å². The lowest BCUT2D eigenvalue weighted by atomic mass is 10.0. The fraction of sp³-hybridized carbons (Fsp3) is 0.333. The summed E-state index contributed by atoms with van der Waals surface area (Å²) in [5.74, 6) is -0.132. The summed E-state index contributed by atoms with van der Waals surface area (Å²) in [5.41, 5.74) is 0.921. The van der Waals surface area contributed by atoms with Crippen LogP contribution < -0.4 is 10.6 Å². The summed E-state index contributed by atoms with van der Waals surface area (Å²) in [5, 5.41) is 5.91. The topological polar surface area (TPSA) is 58.2 Å². The Morgan fingerprint density at radius 2 is 2.00 bits per heavy atom. The van der Waals surface area contributed by atoms with E-state index >= 15 is 0 Å². The molecule has 1 aromatic carbocycles. The van der Waals surface area contributed by atoms with E-state index in [0.29, 0.717) is 22.9 Å². The quantitative estimate of drug-likeness (QED) is 0.840. The van der Waals surface area contributed by atoms with Crippen molar-refractivity contribution in [2.75, 3.05) is 0 Å². The van der Waals surface area contributed by atoms with Crippen LogP contribution in [0.4, 0.5) is 0 Å². The number of piperazine rings is 1. The van der Waals surface area contributed by atoms with Crippen LogP contribution in [0.2, 0.25) is 5.02 Å². The third-order valence-electron chi connectivity index (χ3n) is 3.04. The molecular weight excluding hydrogens is 276 g/mol. The molecular formula is C15H17ClN2O2. The Hall–Kier alpha value is -1.81. The monoisotopic (exact) mass is 292 g/mol. The lowest BCUT2D eigenvalue weighted by Crippen LogP contribution is -2.55. The molecule has 1 atom stereocenters. The molecule has 1 unspecified atom stereocenters. The van der Waals surface area contributed by atoms with Gasteiger partial charge >= 0.3 is 0 Å². The molecule has 0 saturated carbocycles. The summed E-state index contributed by atoms with van der Waals surface area (Å²) in [6, 6.07) is 6.68. The molecule has 2 N–H and O–H groups in total. The van der Waals surface area contributed by atoms with Crippen LogP contribution in [0.3, 0.4) is 0 Å². The van der Waals surface area contributed by atoms with E-state index < -0.39 is 6.04 Å². The van der Waals surface area contributed by atoms with Crippen molar-refractivity contribution in [3.63, 3.8) is 0 Å². The molecule has 1 heterocycles. The zero-order valence-corrected chi connectivity index (χ0v) is 12.2. The first-order chi connectivity index (χ1) is 9.47. The van der Waals surface area contributed by atoms with Gasteiger partial charge in [-0.2, -0.15) is 0 Å². The molecule has 5 heteroatoms. The molecule has 0 bridgehead atoms. The summed E-state index contributed by atoms with van der Waals surface area (Å²) in [6.07, 6.45) is 2.21. The standard InChI is InChI=1S/C15H17ClN2O2/c1-9(2)7-12-14(19)18-13(15(20)17-12)8-10-5-3-4-6-11(10)16/h3-6,8-9,12H,7H2,1-2H3,(H,17,20)(H,18,19)/b13-8+. The highest BCUT2D eigenvalue weighted by molar-refractivity contribution is 6.32. The van der Waals surface area contributed by atoms with Crippen LogP contribution in [0.1, 0.15) is 25.8 Å². The zero-order valence-electron chi connectivity index (χ0n) is 11.4. The molecule has 1 aromatic rings. The summed E-state index contributed by atoms with van der Waals surface area (Å²) in [4.78, 5) is 24.0. The van der Waals surface area contributed by atoms with Gasteiger partial charge in [0.05, 0.1) is 0 Å². The Labute approximate surface area is 123 Å². The van der Waals surface area contributed by atoms with E-state index in [9.17, 15) is 9.59 Å². The molecule has 2 amide bonds. The van der Waals surface area contributed by atoms with Gasteiger partial charge < -0.3 is 10.6 Å². The van der Waals surface area contributed by atoms with Crippen LogP contribution in [0.5, 0.6) is 0 Å². The molecule has 0 aromatic heterocycles. The Morgan fingerprint density at radius 1 is 1.30 bits per heavy atom. The number of benzene rings is 1. The number of amides is 2. The van der Waals surface area contributed by atoms with Gasteiger partial charge in [0.2, 0.25) is 5.91 Å². The number of hydrogen-bond donors (Lipinski definition) is 2. The molecule has 0 aliphatic carbocycles. The van der Waals surface area contributed by atoms with Gasteiger partial charge in [-0.15, -0.1) is 0 Å². The number of nitrogens with one attached hydrogen (secondary N) is 2. The minimum absolute atomic E-state index is 0.184. The van der Waals surface area contributed by atoms with Crippen molar-refractivity contribution in [3.8, 4) is 0 Å². The Morgan fingerprint density at radius 3 is 2.65 bits per heavy atom. The van der Waals surface area contributed by atoms with E-state index in [1.54, 1.807) is 18.2 Å². The minimum Gasteiger partial charge on any atom is -0.339 e. The third kappa shape index (κ3) is 3.39. The zero-order chi connectivity index (χ0) is 14.7. The van der Waals surface area contributed by atoms with Gasteiger partial charge in [-0.3, -0.25) is 9.59 Å². The number of halogens is 1. The van der Waals surface area contributed by atoms with Crippen molar-refractivity contribution in [2.45, 2.75) is 26.3 Å². The fourth-order valence-corrected chi connectivity index (χ4v) is 2.26. The Balaban J connectivity index is 2.18. The van der Waals surface area contributed by atoms with Gasteiger partial charge in [0.15, 0.2) is 0 Å². The maximum Gasteiger partial charge on any atom is 0.268 e. The summed E-state index contributed by atoms with van der Waals surface area (Å²) >= 11 is 6.04. The lowest BCUT2D eigenvalue weighted by molar-refractivity contribution is -0.131. The average molecular weight is 293 g/mol. The predicted molar refractivity (Wildman–Crippen MR) is 79.0 cm³/mol. The van der Waals surface area contributed by atoms with Gasteiger partial charge in [0, 0.05) is 5.02 Å². The van der Waals surface area contributed by atoms with E-state index in [2.05, 4.69) is 10.6 Å². The number of carbonyl (C=O) groups excluding carboxylic acids is 2. The third-order valence-corrected chi connectivity index (χ3v) is 3.38. The van der Waals surface area contributed by atoms with Gasteiger partial charge in [0.1, 0.15) is 11.7 Å². The Kier molecular flexibility index (Phi) is 4.45. The van der Waals surface area contributed by atoms with Crippen LogP contribution >= 0.6 is 11.6 Å². The Bertz CT molecular complexity index is 567. The fourth-order valence-electron chi connectivity index (χ4n) is 2.06. The van der Waals surface area contributed by atoms with Crippen molar-refractivity contribution in [3.05, 3.63) is 40.5 Å². The van der Waals surface area contributed by atoms with Crippen LogP contribution in [-0.4, -0.2) is 17.9 Å². The second-order valence-electron chi connectivity index (χ2n) is 5.22. The second kappa shape index (κ2) is 6.09. The van der Waals surface area contributed by atoms with Crippen molar-refractivity contribution in [2.24, 2.45) is 5.92 Å². The highest BCUT2D eigenvalue weighted by atomic mass is 35.5. The maximum absolute atomic E-state index is 12.0. The largest absolute Gasteiger partial charge is 0.339 e. The van der Waals surface area contributed by atoms with E-state index in [4.69, 9.17) is 11.6 Å². The van der Waals surface area contributed by atoms with Crippen LogP contribution in [0.15, 0.2) is 30.0 Å². The molecule has 20 heavy (non-hydrogen) atoms.